The summed E-state index contributed by atoms with van der Waals surface area (Å²) in [6, 6.07) is 8.35. The molecule has 0 saturated carbocycles. The minimum atomic E-state index is -0.617. The average Bonchev–Trinajstić information content (AvgIpc) is 2.31. The largest absolute Gasteiger partial charge is 0.319 e. The molecular weight excluding hydrogens is 312 g/mol. The number of halogens is 4. The first-order chi connectivity index (χ1) is 8.95. The number of rotatable bonds is 2. The molecule has 6 heteroatoms. The molecule has 0 radical (unpaired) electrons. The normalized spacial score (nSPS) is 10.3. The Balaban J connectivity index is 2.25. The minimum Gasteiger partial charge on any atom is -0.319 e. The van der Waals surface area contributed by atoms with Gasteiger partial charge < -0.3 is 5.32 Å². The van der Waals surface area contributed by atoms with Crippen molar-refractivity contribution in [2.75, 3.05) is 5.32 Å². The molecule has 0 aliphatic heterocycles. The summed E-state index contributed by atoms with van der Waals surface area (Å²) >= 11 is 17.2. The van der Waals surface area contributed by atoms with Crippen molar-refractivity contribution in [3.8, 4) is 0 Å². The third-order valence-electron chi connectivity index (χ3n) is 2.30. The van der Waals surface area contributed by atoms with Gasteiger partial charge in [-0.3, -0.25) is 4.79 Å². The van der Waals surface area contributed by atoms with Gasteiger partial charge in [-0.05, 0) is 36.4 Å². The van der Waals surface area contributed by atoms with E-state index in [-0.39, 0.29) is 16.3 Å². The van der Waals surface area contributed by atoms with Crippen molar-refractivity contribution < 1.29 is 9.18 Å². The number of carbonyl (C=O) groups excluding carboxylic acids is 1. The van der Waals surface area contributed by atoms with E-state index < -0.39 is 11.7 Å². The van der Waals surface area contributed by atoms with Gasteiger partial charge in [-0.1, -0.05) is 34.8 Å². The predicted molar refractivity (Wildman–Crippen MR) is 75.8 cm³/mol. The monoisotopic (exact) mass is 317 g/mol. The maximum atomic E-state index is 13.5. The molecule has 1 N–H and O–H groups in total. The molecule has 0 fully saturated rings. The first-order valence-corrected chi connectivity index (χ1v) is 6.31. The molecule has 0 aromatic heterocycles. The van der Waals surface area contributed by atoms with Gasteiger partial charge in [0.05, 0.1) is 5.69 Å². The first kappa shape index (κ1) is 14.1. The smallest absolute Gasteiger partial charge is 0.255 e. The number of benzene rings is 2. The molecule has 0 aliphatic rings. The van der Waals surface area contributed by atoms with E-state index in [0.29, 0.717) is 10.0 Å². The molecule has 2 aromatic rings. The van der Waals surface area contributed by atoms with Gasteiger partial charge in [0.25, 0.3) is 5.91 Å². The lowest BCUT2D eigenvalue weighted by Gasteiger charge is -2.07. The number of amides is 1. The Bertz CT molecular complexity index is 626. The van der Waals surface area contributed by atoms with Crippen molar-refractivity contribution in [3.63, 3.8) is 0 Å². The van der Waals surface area contributed by atoms with Crippen LogP contribution >= 0.6 is 34.8 Å². The van der Waals surface area contributed by atoms with E-state index in [1.165, 1.54) is 30.3 Å². The van der Waals surface area contributed by atoms with Gasteiger partial charge in [-0.2, -0.15) is 0 Å². The molecule has 0 unspecified atom stereocenters. The Kier molecular flexibility index (Phi) is 4.30. The summed E-state index contributed by atoms with van der Waals surface area (Å²) < 4.78 is 13.5. The number of carbonyl (C=O) groups is 1. The Hall–Kier alpha value is -1.29. The van der Waals surface area contributed by atoms with E-state index in [1.54, 1.807) is 0 Å². The second-order valence-electron chi connectivity index (χ2n) is 3.74. The van der Waals surface area contributed by atoms with E-state index in [4.69, 9.17) is 34.8 Å². The third-order valence-corrected chi connectivity index (χ3v) is 2.98. The standard InChI is InChI=1S/C13H7Cl3FNO/c14-8-1-2-12(11(17)6-8)18-13(19)7-3-9(15)5-10(16)4-7/h1-6H,(H,18,19). The Morgan fingerprint density at radius 3 is 2.16 bits per heavy atom. The maximum Gasteiger partial charge on any atom is 0.255 e. The lowest BCUT2D eigenvalue weighted by atomic mass is 10.2. The summed E-state index contributed by atoms with van der Waals surface area (Å²) in [6.07, 6.45) is 0. The van der Waals surface area contributed by atoms with Crippen LogP contribution < -0.4 is 5.32 Å². The van der Waals surface area contributed by atoms with Gasteiger partial charge in [0, 0.05) is 20.6 Å². The fraction of sp³-hybridized carbons (Fsp3) is 0. The molecule has 0 saturated heterocycles. The summed E-state index contributed by atoms with van der Waals surface area (Å²) in [4.78, 5) is 11.9. The van der Waals surface area contributed by atoms with Crippen molar-refractivity contribution in [2.24, 2.45) is 0 Å². The van der Waals surface area contributed by atoms with Crippen LogP contribution in [0.15, 0.2) is 36.4 Å². The quantitative estimate of drug-likeness (QED) is 0.826. The highest BCUT2D eigenvalue weighted by Gasteiger charge is 2.11. The van der Waals surface area contributed by atoms with Gasteiger partial charge in [0.2, 0.25) is 0 Å². The van der Waals surface area contributed by atoms with Crippen molar-refractivity contribution >= 4 is 46.4 Å². The summed E-state index contributed by atoms with van der Waals surface area (Å²) in [5, 5.41) is 3.33. The van der Waals surface area contributed by atoms with Crippen LogP contribution in [0.25, 0.3) is 0 Å². The van der Waals surface area contributed by atoms with Crippen molar-refractivity contribution in [3.05, 3.63) is 62.8 Å². The van der Waals surface area contributed by atoms with Gasteiger partial charge in [0.1, 0.15) is 5.82 Å². The zero-order valence-electron chi connectivity index (χ0n) is 9.38. The topological polar surface area (TPSA) is 29.1 Å². The van der Waals surface area contributed by atoms with E-state index in [2.05, 4.69) is 5.32 Å². The number of hydrogen-bond acceptors (Lipinski definition) is 1. The van der Waals surface area contributed by atoms with Crippen LogP contribution in [0.2, 0.25) is 15.1 Å². The molecule has 0 atom stereocenters. The van der Waals surface area contributed by atoms with E-state index in [1.807, 2.05) is 0 Å². The molecular formula is C13H7Cl3FNO. The highest BCUT2D eigenvalue weighted by Crippen LogP contribution is 2.22. The molecule has 1 amide bonds. The molecule has 0 aliphatic carbocycles. The van der Waals surface area contributed by atoms with E-state index in [9.17, 15) is 9.18 Å². The lowest BCUT2D eigenvalue weighted by molar-refractivity contribution is 0.102. The molecule has 2 nitrogen and oxygen atoms in total. The second kappa shape index (κ2) is 5.78. The van der Waals surface area contributed by atoms with Crippen LogP contribution in [0.1, 0.15) is 10.4 Å². The van der Waals surface area contributed by atoms with Crippen molar-refractivity contribution in [2.45, 2.75) is 0 Å². The summed E-state index contributed by atoms with van der Waals surface area (Å²) in [6.45, 7) is 0. The zero-order valence-corrected chi connectivity index (χ0v) is 11.7. The Morgan fingerprint density at radius 1 is 0.947 bits per heavy atom. The minimum absolute atomic E-state index is 0.0329. The Morgan fingerprint density at radius 2 is 1.58 bits per heavy atom. The Labute approximate surface area is 124 Å². The number of nitrogens with one attached hydrogen (secondary N) is 1. The van der Waals surface area contributed by atoms with E-state index >= 15 is 0 Å². The zero-order chi connectivity index (χ0) is 14.0. The van der Waals surface area contributed by atoms with Crippen LogP contribution in [0.4, 0.5) is 10.1 Å². The van der Waals surface area contributed by atoms with Crippen LogP contribution in [0.3, 0.4) is 0 Å². The molecule has 0 bridgehead atoms. The third kappa shape index (κ3) is 3.60. The predicted octanol–water partition coefficient (Wildman–Crippen LogP) is 5.04. The van der Waals surface area contributed by atoms with Gasteiger partial charge in [0.15, 0.2) is 0 Å². The van der Waals surface area contributed by atoms with Crippen LogP contribution in [-0.2, 0) is 0 Å². The molecule has 0 spiro atoms. The van der Waals surface area contributed by atoms with Crippen LogP contribution in [0, 0.1) is 5.82 Å². The molecule has 2 rings (SSSR count). The summed E-state index contributed by atoms with van der Waals surface area (Å²) in [5.74, 6) is -1.13. The van der Waals surface area contributed by atoms with Crippen molar-refractivity contribution in [1.82, 2.24) is 0 Å². The molecule has 2 aromatic carbocycles. The fourth-order valence-electron chi connectivity index (χ4n) is 1.47. The molecule has 0 heterocycles. The van der Waals surface area contributed by atoms with Crippen molar-refractivity contribution in [1.29, 1.82) is 0 Å². The van der Waals surface area contributed by atoms with Crippen LogP contribution in [-0.4, -0.2) is 5.91 Å². The van der Waals surface area contributed by atoms with E-state index in [0.717, 1.165) is 6.07 Å². The highest BCUT2D eigenvalue weighted by molar-refractivity contribution is 6.35. The lowest BCUT2D eigenvalue weighted by Crippen LogP contribution is -2.13. The molecule has 98 valence electrons. The number of hydrogen-bond donors (Lipinski definition) is 1. The molecule has 19 heavy (non-hydrogen) atoms. The fourth-order valence-corrected chi connectivity index (χ4v) is 2.16. The highest BCUT2D eigenvalue weighted by atomic mass is 35.5. The van der Waals surface area contributed by atoms with Gasteiger partial charge in [-0.25, -0.2) is 4.39 Å². The summed E-state index contributed by atoms with van der Waals surface area (Å²) in [5.41, 5.74) is 0.275. The number of anilines is 1. The summed E-state index contributed by atoms with van der Waals surface area (Å²) in [7, 11) is 0. The SMILES string of the molecule is O=C(Nc1ccc(Cl)cc1F)c1cc(Cl)cc(Cl)c1. The second-order valence-corrected chi connectivity index (χ2v) is 5.05. The first-order valence-electron chi connectivity index (χ1n) is 5.18. The maximum absolute atomic E-state index is 13.5. The van der Waals surface area contributed by atoms with Crippen LogP contribution in [0.5, 0.6) is 0 Å². The van der Waals surface area contributed by atoms with Gasteiger partial charge >= 0.3 is 0 Å². The van der Waals surface area contributed by atoms with Gasteiger partial charge in [-0.15, -0.1) is 0 Å². The average molecular weight is 319 g/mol.